The SMILES string of the molecule is CCNC(=O)[C@@H](C)N(Cc1ccc(F)cc1)C(=O)CN(c1ccc(Cl)cc1Cl)S(C)(=O)=O. The van der Waals surface area contributed by atoms with E-state index in [2.05, 4.69) is 5.32 Å². The average molecular weight is 504 g/mol. The first-order valence-corrected chi connectivity index (χ1v) is 12.3. The van der Waals surface area contributed by atoms with Crippen LogP contribution in [-0.2, 0) is 26.2 Å². The number of halogens is 3. The molecule has 2 rings (SSSR count). The summed E-state index contributed by atoms with van der Waals surface area (Å²) >= 11 is 12.1. The molecule has 0 aliphatic rings. The molecule has 0 aliphatic heterocycles. The first-order chi connectivity index (χ1) is 14.9. The molecule has 7 nitrogen and oxygen atoms in total. The molecule has 0 unspecified atom stereocenters. The highest BCUT2D eigenvalue weighted by molar-refractivity contribution is 7.92. The predicted molar refractivity (Wildman–Crippen MR) is 124 cm³/mol. The van der Waals surface area contributed by atoms with Gasteiger partial charge in [-0.3, -0.25) is 13.9 Å². The largest absolute Gasteiger partial charge is 0.355 e. The molecule has 0 spiro atoms. The minimum atomic E-state index is -3.91. The number of benzene rings is 2. The highest BCUT2D eigenvalue weighted by Gasteiger charge is 2.30. The summed E-state index contributed by atoms with van der Waals surface area (Å²) in [5, 5.41) is 3.01. The van der Waals surface area contributed by atoms with Gasteiger partial charge in [0.15, 0.2) is 0 Å². The lowest BCUT2D eigenvalue weighted by Gasteiger charge is -2.31. The van der Waals surface area contributed by atoms with Crippen molar-refractivity contribution in [3.8, 4) is 0 Å². The molecule has 32 heavy (non-hydrogen) atoms. The smallest absolute Gasteiger partial charge is 0.244 e. The highest BCUT2D eigenvalue weighted by atomic mass is 35.5. The van der Waals surface area contributed by atoms with Gasteiger partial charge in [0.2, 0.25) is 21.8 Å². The quantitative estimate of drug-likeness (QED) is 0.567. The van der Waals surface area contributed by atoms with E-state index in [-0.39, 0.29) is 17.3 Å². The number of nitrogens with zero attached hydrogens (tertiary/aromatic N) is 2. The number of amides is 2. The van der Waals surface area contributed by atoms with Crippen molar-refractivity contribution in [3.63, 3.8) is 0 Å². The van der Waals surface area contributed by atoms with Gasteiger partial charge >= 0.3 is 0 Å². The van der Waals surface area contributed by atoms with Gasteiger partial charge in [-0.15, -0.1) is 0 Å². The van der Waals surface area contributed by atoms with Crippen molar-refractivity contribution < 1.29 is 22.4 Å². The van der Waals surface area contributed by atoms with Crippen molar-refractivity contribution in [2.75, 3.05) is 23.7 Å². The Morgan fingerprint density at radius 3 is 2.28 bits per heavy atom. The Balaban J connectivity index is 2.40. The maximum absolute atomic E-state index is 13.3. The van der Waals surface area contributed by atoms with E-state index in [1.165, 1.54) is 54.3 Å². The molecular weight excluding hydrogens is 480 g/mol. The lowest BCUT2D eigenvalue weighted by molar-refractivity contribution is -0.139. The molecule has 0 bridgehead atoms. The third-order valence-corrected chi connectivity index (χ3v) is 6.31. The predicted octanol–water partition coefficient (Wildman–Crippen LogP) is 3.45. The first-order valence-electron chi connectivity index (χ1n) is 9.68. The number of anilines is 1. The van der Waals surface area contributed by atoms with Crippen LogP contribution in [0.2, 0.25) is 10.0 Å². The molecule has 0 saturated heterocycles. The van der Waals surface area contributed by atoms with E-state index in [9.17, 15) is 22.4 Å². The Morgan fingerprint density at radius 1 is 1.12 bits per heavy atom. The van der Waals surface area contributed by atoms with Crippen LogP contribution in [0.3, 0.4) is 0 Å². The number of hydrogen-bond donors (Lipinski definition) is 1. The van der Waals surface area contributed by atoms with E-state index >= 15 is 0 Å². The zero-order chi connectivity index (χ0) is 24.1. The van der Waals surface area contributed by atoms with Gasteiger partial charge in [0.25, 0.3) is 0 Å². The third-order valence-electron chi connectivity index (χ3n) is 4.64. The normalized spacial score (nSPS) is 12.2. The number of carbonyl (C=O) groups excluding carboxylic acids is 2. The topological polar surface area (TPSA) is 86.8 Å². The fourth-order valence-corrected chi connectivity index (χ4v) is 4.39. The van der Waals surface area contributed by atoms with Gasteiger partial charge in [-0.1, -0.05) is 35.3 Å². The molecule has 0 aromatic heterocycles. The first kappa shape index (κ1) is 25.9. The summed E-state index contributed by atoms with van der Waals surface area (Å²) in [6, 6.07) is 8.78. The molecule has 174 valence electrons. The van der Waals surface area contributed by atoms with E-state index in [0.29, 0.717) is 17.1 Å². The Labute approximate surface area is 197 Å². The van der Waals surface area contributed by atoms with Crippen LogP contribution in [0.4, 0.5) is 10.1 Å². The van der Waals surface area contributed by atoms with Crippen LogP contribution in [0.5, 0.6) is 0 Å². The minimum absolute atomic E-state index is 0.0244. The summed E-state index contributed by atoms with van der Waals surface area (Å²) in [5.41, 5.74) is 0.658. The number of sulfonamides is 1. The number of carbonyl (C=O) groups is 2. The van der Waals surface area contributed by atoms with Gasteiger partial charge < -0.3 is 10.2 Å². The fraction of sp³-hybridized carbons (Fsp3) is 0.333. The molecule has 1 N–H and O–H groups in total. The lowest BCUT2D eigenvalue weighted by Crippen LogP contribution is -2.51. The van der Waals surface area contributed by atoms with Gasteiger partial charge in [0.1, 0.15) is 18.4 Å². The van der Waals surface area contributed by atoms with Crippen molar-refractivity contribution in [2.24, 2.45) is 0 Å². The number of hydrogen-bond acceptors (Lipinski definition) is 4. The molecule has 2 aromatic carbocycles. The van der Waals surface area contributed by atoms with E-state index in [1.807, 2.05) is 0 Å². The molecule has 11 heteroatoms. The fourth-order valence-electron chi connectivity index (χ4n) is 2.97. The Bertz CT molecular complexity index is 1080. The highest BCUT2D eigenvalue weighted by Crippen LogP contribution is 2.30. The number of nitrogens with one attached hydrogen (secondary N) is 1. The molecule has 0 heterocycles. The molecule has 0 radical (unpaired) electrons. The third kappa shape index (κ3) is 6.82. The Kier molecular flexibility index (Phi) is 8.89. The maximum atomic E-state index is 13.3. The van der Waals surface area contributed by atoms with Crippen LogP contribution in [0.1, 0.15) is 19.4 Å². The van der Waals surface area contributed by atoms with E-state index in [4.69, 9.17) is 23.2 Å². The summed E-state index contributed by atoms with van der Waals surface area (Å²) < 4.78 is 39.1. The van der Waals surface area contributed by atoms with E-state index in [1.54, 1.807) is 6.92 Å². The lowest BCUT2D eigenvalue weighted by atomic mass is 10.1. The summed E-state index contributed by atoms with van der Waals surface area (Å²) in [5.74, 6) is -1.48. The van der Waals surface area contributed by atoms with Crippen molar-refractivity contribution in [3.05, 3.63) is 63.9 Å². The van der Waals surface area contributed by atoms with Gasteiger partial charge in [-0.2, -0.15) is 0 Å². The number of likely N-dealkylation sites (N-methyl/N-ethyl adjacent to an activating group) is 1. The Hall–Kier alpha value is -2.36. The van der Waals surface area contributed by atoms with Crippen LogP contribution in [0, 0.1) is 5.82 Å². The second-order valence-electron chi connectivity index (χ2n) is 7.08. The zero-order valence-corrected chi connectivity index (χ0v) is 20.1. The van der Waals surface area contributed by atoms with Gasteiger partial charge in [0, 0.05) is 18.1 Å². The van der Waals surface area contributed by atoms with Gasteiger partial charge in [0.05, 0.1) is 17.0 Å². The van der Waals surface area contributed by atoms with Crippen LogP contribution in [0.25, 0.3) is 0 Å². The summed E-state index contributed by atoms with van der Waals surface area (Å²) in [4.78, 5) is 27.0. The molecule has 0 aliphatic carbocycles. The van der Waals surface area contributed by atoms with Gasteiger partial charge in [-0.25, -0.2) is 12.8 Å². The van der Waals surface area contributed by atoms with Crippen LogP contribution in [-0.4, -0.2) is 50.5 Å². The van der Waals surface area contributed by atoms with Gasteiger partial charge in [-0.05, 0) is 49.7 Å². The molecule has 1 atom stereocenters. The second-order valence-corrected chi connectivity index (χ2v) is 9.83. The standard InChI is InChI=1S/C21H24Cl2FN3O4S/c1-4-25-21(29)14(2)26(12-15-5-8-17(24)9-6-15)20(28)13-27(32(3,30)31)19-10-7-16(22)11-18(19)23/h5-11,14H,4,12-13H2,1-3H3,(H,25,29)/t14-/m1/s1. The molecular formula is C21H24Cl2FN3O4S. The molecule has 2 amide bonds. The van der Waals surface area contributed by atoms with Crippen molar-refractivity contribution in [1.29, 1.82) is 0 Å². The average Bonchev–Trinajstić information content (AvgIpc) is 2.71. The zero-order valence-electron chi connectivity index (χ0n) is 17.8. The molecule has 0 fully saturated rings. The van der Waals surface area contributed by atoms with Crippen molar-refractivity contribution >= 4 is 50.7 Å². The summed E-state index contributed by atoms with van der Waals surface area (Å²) in [6.45, 7) is 3.02. The molecule has 0 saturated carbocycles. The second kappa shape index (κ2) is 11.0. The van der Waals surface area contributed by atoms with Crippen LogP contribution in [0.15, 0.2) is 42.5 Å². The van der Waals surface area contributed by atoms with Crippen molar-refractivity contribution in [2.45, 2.75) is 26.4 Å². The summed E-state index contributed by atoms with van der Waals surface area (Å²) in [6.07, 6.45) is 0.947. The van der Waals surface area contributed by atoms with Crippen molar-refractivity contribution in [1.82, 2.24) is 10.2 Å². The number of rotatable bonds is 9. The van der Waals surface area contributed by atoms with E-state index in [0.717, 1.165) is 10.6 Å². The van der Waals surface area contributed by atoms with Crippen LogP contribution < -0.4 is 9.62 Å². The van der Waals surface area contributed by atoms with Crippen LogP contribution >= 0.6 is 23.2 Å². The minimum Gasteiger partial charge on any atom is -0.355 e. The van der Waals surface area contributed by atoms with E-state index < -0.39 is 40.2 Å². The summed E-state index contributed by atoms with van der Waals surface area (Å²) in [7, 11) is -3.91. The Morgan fingerprint density at radius 2 is 1.75 bits per heavy atom. The molecule has 2 aromatic rings. The monoisotopic (exact) mass is 503 g/mol. The maximum Gasteiger partial charge on any atom is 0.244 e.